The number of hydrogen-bond donors (Lipinski definition) is 2. The normalized spacial score (nSPS) is 29.3. The fourth-order valence-corrected chi connectivity index (χ4v) is 2.58. The van der Waals surface area contributed by atoms with Crippen molar-refractivity contribution in [1.82, 2.24) is 0 Å². The van der Waals surface area contributed by atoms with E-state index in [0.717, 1.165) is 17.5 Å². The number of hydrogen-bond acceptors (Lipinski definition) is 2. The molecule has 0 bridgehead atoms. The van der Waals surface area contributed by atoms with Crippen LogP contribution in [0, 0.1) is 18.8 Å². The van der Waals surface area contributed by atoms with Crippen LogP contribution in [-0.4, -0.2) is 6.04 Å². The van der Waals surface area contributed by atoms with Gasteiger partial charge in [0.15, 0.2) is 0 Å². The van der Waals surface area contributed by atoms with Gasteiger partial charge in [0.05, 0.1) is 0 Å². The molecule has 0 spiro atoms. The molecule has 0 radical (unpaired) electrons. The molecule has 0 heterocycles. The van der Waals surface area contributed by atoms with E-state index in [0.29, 0.717) is 6.04 Å². The van der Waals surface area contributed by atoms with Gasteiger partial charge in [-0.3, -0.25) is 0 Å². The van der Waals surface area contributed by atoms with Crippen molar-refractivity contribution in [1.29, 1.82) is 0 Å². The maximum Gasteiger partial charge on any atom is 0.0392 e. The Morgan fingerprint density at radius 3 is 2.62 bits per heavy atom. The smallest absolute Gasteiger partial charge is 0.0392 e. The lowest BCUT2D eigenvalue weighted by Gasteiger charge is -2.22. The van der Waals surface area contributed by atoms with Gasteiger partial charge in [-0.1, -0.05) is 19.9 Å². The van der Waals surface area contributed by atoms with Crippen LogP contribution in [-0.2, 0) is 0 Å². The number of nitrogens with one attached hydrogen (secondary N) is 1. The van der Waals surface area contributed by atoms with Gasteiger partial charge in [-0.05, 0) is 49.3 Å². The number of rotatable bonds is 2. The molecule has 16 heavy (non-hydrogen) atoms. The molecular weight excluding hydrogens is 196 g/mol. The Morgan fingerprint density at radius 1 is 1.25 bits per heavy atom. The Bertz CT molecular complexity index is 373. The molecule has 2 nitrogen and oxygen atoms in total. The summed E-state index contributed by atoms with van der Waals surface area (Å²) in [7, 11) is 0. The third-order valence-corrected chi connectivity index (χ3v) is 4.18. The maximum atomic E-state index is 5.92. The fraction of sp³-hybridized carbons (Fsp3) is 0.571. The Hall–Kier alpha value is -1.18. The molecule has 1 aromatic rings. The van der Waals surface area contributed by atoms with Crippen molar-refractivity contribution in [3.8, 4) is 0 Å². The van der Waals surface area contributed by atoms with Crippen molar-refractivity contribution >= 4 is 11.4 Å². The second-order valence-electron chi connectivity index (χ2n) is 5.18. The molecule has 1 aliphatic rings. The van der Waals surface area contributed by atoms with Gasteiger partial charge >= 0.3 is 0 Å². The Labute approximate surface area is 98.2 Å². The van der Waals surface area contributed by atoms with Gasteiger partial charge in [0.25, 0.3) is 0 Å². The molecule has 1 saturated carbocycles. The van der Waals surface area contributed by atoms with Crippen LogP contribution in [0.3, 0.4) is 0 Å². The number of anilines is 2. The summed E-state index contributed by atoms with van der Waals surface area (Å²) in [6, 6.07) is 6.71. The summed E-state index contributed by atoms with van der Waals surface area (Å²) in [5, 5.41) is 3.65. The molecule has 3 atom stereocenters. The topological polar surface area (TPSA) is 38.0 Å². The third-order valence-electron chi connectivity index (χ3n) is 4.18. The van der Waals surface area contributed by atoms with Gasteiger partial charge in [-0.2, -0.15) is 0 Å². The first-order valence-corrected chi connectivity index (χ1v) is 6.21. The molecule has 0 amide bonds. The molecule has 1 fully saturated rings. The van der Waals surface area contributed by atoms with Crippen LogP contribution in [0.15, 0.2) is 18.2 Å². The molecule has 88 valence electrons. The van der Waals surface area contributed by atoms with Gasteiger partial charge in [0.1, 0.15) is 0 Å². The number of benzene rings is 1. The number of nitrogen functional groups attached to an aromatic ring is 1. The zero-order valence-electron chi connectivity index (χ0n) is 10.5. The minimum Gasteiger partial charge on any atom is -0.398 e. The van der Waals surface area contributed by atoms with Crippen LogP contribution in [0.4, 0.5) is 11.4 Å². The zero-order valence-corrected chi connectivity index (χ0v) is 10.5. The zero-order chi connectivity index (χ0) is 11.7. The first kappa shape index (κ1) is 11.3. The molecule has 2 rings (SSSR count). The highest BCUT2D eigenvalue weighted by Crippen LogP contribution is 2.34. The van der Waals surface area contributed by atoms with Crippen molar-refractivity contribution < 1.29 is 0 Å². The lowest BCUT2D eigenvalue weighted by atomic mass is 9.97. The van der Waals surface area contributed by atoms with Crippen LogP contribution in [0.1, 0.15) is 32.3 Å². The monoisotopic (exact) mass is 218 g/mol. The van der Waals surface area contributed by atoms with Crippen LogP contribution in [0.5, 0.6) is 0 Å². The van der Waals surface area contributed by atoms with Crippen molar-refractivity contribution in [2.24, 2.45) is 11.8 Å². The molecule has 0 aliphatic heterocycles. The van der Waals surface area contributed by atoms with E-state index in [4.69, 9.17) is 5.73 Å². The summed E-state index contributed by atoms with van der Waals surface area (Å²) in [6.07, 6.45) is 2.61. The summed E-state index contributed by atoms with van der Waals surface area (Å²) >= 11 is 0. The summed E-state index contributed by atoms with van der Waals surface area (Å²) in [5.41, 5.74) is 9.17. The first-order chi connectivity index (χ1) is 7.59. The van der Waals surface area contributed by atoms with E-state index in [2.05, 4.69) is 32.2 Å². The van der Waals surface area contributed by atoms with Gasteiger partial charge in [0, 0.05) is 17.4 Å². The minimum atomic E-state index is 0.607. The lowest BCUT2D eigenvalue weighted by molar-refractivity contribution is 0.435. The van der Waals surface area contributed by atoms with Gasteiger partial charge in [-0.15, -0.1) is 0 Å². The summed E-state index contributed by atoms with van der Waals surface area (Å²) in [4.78, 5) is 0. The average Bonchev–Trinajstić information content (AvgIpc) is 2.57. The molecule has 3 N–H and O–H groups in total. The predicted octanol–water partition coefficient (Wildman–Crippen LogP) is 3.42. The minimum absolute atomic E-state index is 0.607. The quantitative estimate of drug-likeness (QED) is 0.746. The van der Waals surface area contributed by atoms with Crippen molar-refractivity contribution in [2.75, 3.05) is 11.1 Å². The highest BCUT2D eigenvalue weighted by Gasteiger charge is 2.29. The summed E-state index contributed by atoms with van der Waals surface area (Å²) in [6.45, 7) is 6.77. The summed E-state index contributed by atoms with van der Waals surface area (Å²) in [5.74, 6) is 1.58. The molecular formula is C14H22N2. The van der Waals surface area contributed by atoms with E-state index in [1.165, 1.54) is 24.1 Å². The standard InChI is InChI=1S/C14H22N2/c1-9-7-8-14(10(9)2)16-13-6-4-5-12(15)11(13)3/h4-6,9-10,14,16H,7-8,15H2,1-3H3. The number of nitrogens with two attached hydrogens (primary N) is 1. The Balaban J connectivity index is 2.12. The SMILES string of the molecule is Cc1c(N)cccc1NC1CCC(C)C1C. The lowest BCUT2D eigenvalue weighted by Crippen LogP contribution is -2.24. The average molecular weight is 218 g/mol. The molecule has 1 aromatic carbocycles. The van der Waals surface area contributed by atoms with Gasteiger partial charge < -0.3 is 11.1 Å². The molecule has 1 aliphatic carbocycles. The fourth-order valence-electron chi connectivity index (χ4n) is 2.58. The molecule has 0 saturated heterocycles. The molecule has 3 unspecified atom stereocenters. The highest BCUT2D eigenvalue weighted by molar-refractivity contribution is 5.63. The van der Waals surface area contributed by atoms with Crippen LogP contribution < -0.4 is 11.1 Å². The Morgan fingerprint density at radius 2 is 2.00 bits per heavy atom. The second kappa shape index (κ2) is 4.36. The van der Waals surface area contributed by atoms with Crippen molar-refractivity contribution in [3.05, 3.63) is 23.8 Å². The van der Waals surface area contributed by atoms with E-state index in [9.17, 15) is 0 Å². The maximum absolute atomic E-state index is 5.92. The van der Waals surface area contributed by atoms with Gasteiger partial charge in [-0.25, -0.2) is 0 Å². The van der Waals surface area contributed by atoms with Crippen LogP contribution in [0.2, 0.25) is 0 Å². The van der Waals surface area contributed by atoms with Crippen molar-refractivity contribution in [2.45, 2.75) is 39.7 Å². The van der Waals surface area contributed by atoms with Crippen LogP contribution >= 0.6 is 0 Å². The van der Waals surface area contributed by atoms with Crippen LogP contribution in [0.25, 0.3) is 0 Å². The molecule has 0 aromatic heterocycles. The largest absolute Gasteiger partial charge is 0.398 e. The van der Waals surface area contributed by atoms with E-state index < -0.39 is 0 Å². The van der Waals surface area contributed by atoms with E-state index in [1.54, 1.807) is 0 Å². The second-order valence-corrected chi connectivity index (χ2v) is 5.18. The molecule has 2 heteroatoms. The van der Waals surface area contributed by atoms with E-state index >= 15 is 0 Å². The van der Waals surface area contributed by atoms with Crippen molar-refractivity contribution in [3.63, 3.8) is 0 Å². The third kappa shape index (κ3) is 2.01. The highest BCUT2D eigenvalue weighted by atomic mass is 14.9. The predicted molar refractivity (Wildman–Crippen MR) is 70.6 cm³/mol. The Kier molecular flexibility index (Phi) is 3.08. The first-order valence-electron chi connectivity index (χ1n) is 6.21. The van der Waals surface area contributed by atoms with Gasteiger partial charge in [0.2, 0.25) is 0 Å². The summed E-state index contributed by atoms with van der Waals surface area (Å²) < 4.78 is 0. The van der Waals surface area contributed by atoms with E-state index in [1.807, 2.05) is 12.1 Å². The van der Waals surface area contributed by atoms with E-state index in [-0.39, 0.29) is 0 Å².